The third-order valence-electron chi connectivity index (χ3n) is 4.08. The maximum atomic E-state index is 11.6. The molecule has 1 atom stereocenters. The number of nitrogens with two attached hydrogens (primary N) is 1. The summed E-state index contributed by atoms with van der Waals surface area (Å²) < 4.78 is 0. The maximum Gasteiger partial charge on any atom is 0.237 e. The van der Waals surface area contributed by atoms with Gasteiger partial charge in [0.25, 0.3) is 0 Å². The highest BCUT2D eigenvalue weighted by molar-refractivity contribution is 5.82. The molecule has 82 valence electrons. The Hall–Kier alpha value is -0.570. The van der Waals surface area contributed by atoms with Crippen molar-refractivity contribution >= 4 is 5.91 Å². The van der Waals surface area contributed by atoms with E-state index in [0.29, 0.717) is 6.42 Å². The van der Waals surface area contributed by atoms with Gasteiger partial charge < -0.3 is 11.1 Å². The van der Waals surface area contributed by atoms with Gasteiger partial charge in [0, 0.05) is 6.04 Å². The highest BCUT2D eigenvalue weighted by atomic mass is 16.2. The fraction of sp³-hybridized carbons (Fsp3) is 0.909. The second-order valence-corrected chi connectivity index (χ2v) is 5.40. The Morgan fingerprint density at radius 1 is 1.36 bits per heavy atom. The van der Waals surface area contributed by atoms with Crippen LogP contribution in [0.3, 0.4) is 0 Å². The zero-order valence-electron chi connectivity index (χ0n) is 9.85. The summed E-state index contributed by atoms with van der Waals surface area (Å²) in [7, 11) is 0. The number of carbonyl (C=O) groups is 1. The van der Waals surface area contributed by atoms with Crippen LogP contribution in [0, 0.1) is 10.8 Å². The van der Waals surface area contributed by atoms with Crippen LogP contribution in [-0.2, 0) is 4.79 Å². The largest absolute Gasteiger partial charge is 0.351 e. The third-order valence-corrected chi connectivity index (χ3v) is 4.08. The minimum Gasteiger partial charge on any atom is -0.351 e. The van der Waals surface area contributed by atoms with Gasteiger partial charge in [0.15, 0.2) is 0 Å². The summed E-state index contributed by atoms with van der Waals surface area (Å²) in [4.78, 5) is 11.6. The first kappa shape index (κ1) is 11.5. The zero-order valence-corrected chi connectivity index (χ0v) is 9.85. The molecule has 1 aliphatic rings. The summed E-state index contributed by atoms with van der Waals surface area (Å²) in [6.07, 6.45) is 0.694. The van der Waals surface area contributed by atoms with Crippen LogP contribution >= 0.6 is 0 Å². The van der Waals surface area contributed by atoms with Crippen molar-refractivity contribution < 1.29 is 4.79 Å². The molecule has 0 radical (unpaired) electrons. The summed E-state index contributed by atoms with van der Waals surface area (Å²) in [6.45, 7) is 10.6. The summed E-state index contributed by atoms with van der Waals surface area (Å²) in [5, 5.41) is 3.02. The Morgan fingerprint density at radius 2 is 1.79 bits per heavy atom. The molecule has 0 heterocycles. The smallest absolute Gasteiger partial charge is 0.237 e. The van der Waals surface area contributed by atoms with E-state index < -0.39 is 0 Å². The Labute approximate surface area is 86.4 Å². The normalized spacial score (nSPS) is 25.6. The van der Waals surface area contributed by atoms with Gasteiger partial charge in [0.05, 0.1) is 6.04 Å². The van der Waals surface area contributed by atoms with Gasteiger partial charge in [-0.3, -0.25) is 4.79 Å². The van der Waals surface area contributed by atoms with Crippen LogP contribution in [0.2, 0.25) is 0 Å². The molecule has 0 aromatic heterocycles. The van der Waals surface area contributed by atoms with Crippen molar-refractivity contribution in [2.45, 2.75) is 53.1 Å². The lowest BCUT2D eigenvalue weighted by Gasteiger charge is -2.11. The van der Waals surface area contributed by atoms with Gasteiger partial charge >= 0.3 is 0 Å². The molecule has 0 saturated heterocycles. The molecule has 0 aromatic rings. The number of nitrogens with one attached hydrogen (secondary N) is 1. The molecular weight excluding hydrogens is 176 g/mol. The molecule has 0 unspecified atom stereocenters. The van der Waals surface area contributed by atoms with Gasteiger partial charge in [0.2, 0.25) is 5.91 Å². The molecule has 1 amide bonds. The van der Waals surface area contributed by atoms with Crippen LogP contribution in [0.25, 0.3) is 0 Å². The lowest BCUT2D eigenvalue weighted by molar-refractivity contribution is -0.122. The Bertz CT molecular complexity index is 232. The number of carbonyl (C=O) groups excluding carboxylic acids is 1. The van der Waals surface area contributed by atoms with Crippen molar-refractivity contribution in [2.24, 2.45) is 16.6 Å². The molecule has 0 aromatic carbocycles. The maximum absolute atomic E-state index is 11.6. The lowest BCUT2D eigenvalue weighted by Crippen LogP contribution is -2.42. The molecule has 1 fully saturated rings. The fourth-order valence-electron chi connectivity index (χ4n) is 1.99. The van der Waals surface area contributed by atoms with Crippen LogP contribution in [0.1, 0.15) is 41.0 Å². The molecule has 0 aliphatic heterocycles. The predicted molar refractivity (Wildman–Crippen MR) is 57.8 cm³/mol. The Balaban J connectivity index is 2.53. The van der Waals surface area contributed by atoms with Crippen molar-refractivity contribution in [2.75, 3.05) is 0 Å². The van der Waals surface area contributed by atoms with Gasteiger partial charge in [-0.2, -0.15) is 0 Å². The number of rotatable bonds is 3. The van der Waals surface area contributed by atoms with E-state index in [1.54, 1.807) is 0 Å². The van der Waals surface area contributed by atoms with Crippen LogP contribution in [0.5, 0.6) is 0 Å². The highest BCUT2D eigenvalue weighted by Gasteiger charge is 2.65. The monoisotopic (exact) mass is 198 g/mol. The predicted octanol–water partition coefficient (Wildman–Crippen LogP) is 1.27. The number of hydrogen-bond acceptors (Lipinski definition) is 2. The highest BCUT2D eigenvalue weighted by Crippen LogP contribution is 2.62. The SMILES string of the molecule is CC[C@H](N)C(=O)NC1C(C)(C)C1(C)C. The van der Waals surface area contributed by atoms with Gasteiger partial charge in [-0.05, 0) is 17.3 Å². The molecule has 1 aliphatic carbocycles. The van der Waals surface area contributed by atoms with Crippen LogP contribution < -0.4 is 11.1 Å². The van der Waals surface area contributed by atoms with Gasteiger partial charge in [-0.25, -0.2) is 0 Å². The fourth-order valence-corrected chi connectivity index (χ4v) is 1.99. The van der Waals surface area contributed by atoms with E-state index in [1.165, 1.54) is 0 Å². The minimum absolute atomic E-state index is 0.0175. The van der Waals surface area contributed by atoms with Crippen molar-refractivity contribution in [1.29, 1.82) is 0 Å². The summed E-state index contributed by atoms with van der Waals surface area (Å²) in [6, 6.07) is -0.0951. The van der Waals surface area contributed by atoms with E-state index in [2.05, 4.69) is 33.0 Å². The molecule has 0 spiro atoms. The molecule has 1 rings (SSSR count). The van der Waals surface area contributed by atoms with Gasteiger partial charge in [-0.1, -0.05) is 34.6 Å². The van der Waals surface area contributed by atoms with Crippen LogP contribution in [0.4, 0.5) is 0 Å². The molecule has 3 nitrogen and oxygen atoms in total. The quantitative estimate of drug-likeness (QED) is 0.717. The molecule has 1 saturated carbocycles. The molecular formula is C11H22N2O. The zero-order chi connectivity index (χ0) is 11.1. The standard InChI is InChI=1S/C11H22N2O/c1-6-7(12)8(14)13-9-10(2,3)11(9,4)5/h7,9H,6,12H2,1-5H3,(H,13,14)/t7-/m0/s1. The molecule has 0 bridgehead atoms. The first-order valence-corrected chi connectivity index (χ1v) is 5.31. The number of hydrogen-bond donors (Lipinski definition) is 2. The minimum atomic E-state index is -0.359. The van der Waals surface area contributed by atoms with Gasteiger partial charge in [0.1, 0.15) is 0 Å². The van der Waals surface area contributed by atoms with Gasteiger partial charge in [-0.15, -0.1) is 0 Å². The summed E-state index contributed by atoms with van der Waals surface area (Å²) in [5.74, 6) is -0.0175. The summed E-state index contributed by atoms with van der Waals surface area (Å²) in [5.41, 5.74) is 6.04. The van der Waals surface area contributed by atoms with Crippen LogP contribution in [-0.4, -0.2) is 18.0 Å². The first-order chi connectivity index (χ1) is 6.25. The van der Waals surface area contributed by atoms with E-state index in [9.17, 15) is 4.79 Å². The van der Waals surface area contributed by atoms with E-state index in [-0.39, 0.29) is 28.8 Å². The first-order valence-electron chi connectivity index (χ1n) is 5.31. The second kappa shape index (κ2) is 3.23. The molecule has 3 N–H and O–H groups in total. The Kier molecular flexibility index (Phi) is 2.65. The van der Waals surface area contributed by atoms with Crippen molar-refractivity contribution in [3.63, 3.8) is 0 Å². The van der Waals surface area contributed by atoms with Crippen molar-refractivity contribution in [3.8, 4) is 0 Å². The van der Waals surface area contributed by atoms with E-state index >= 15 is 0 Å². The average Bonchev–Trinajstić information content (AvgIpc) is 2.46. The van der Waals surface area contributed by atoms with Crippen LogP contribution in [0.15, 0.2) is 0 Å². The van der Waals surface area contributed by atoms with E-state index in [0.717, 1.165) is 0 Å². The van der Waals surface area contributed by atoms with Crippen molar-refractivity contribution in [3.05, 3.63) is 0 Å². The van der Waals surface area contributed by atoms with Crippen molar-refractivity contribution in [1.82, 2.24) is 5.32 Å². The second-order valence-electron chi connectivity index (χ2n) is 5.40. The molecule has 14 heavy (non-hydrogen) atoms. The molecule has 3 heteroatoms. The lowest BCUT2D eigenvalue weighted by atomic mass is 10.0. The van der Waals surface area contributed by atoms with E-state index in [4.69, 9.17) is 5.73 Å². The summed E-state index contributed by atoms with van der Waals surface area (Å²) >= 11 is 0. The average molecular weight is 198 g/mol. The Morgan fingerprint density at radius 3 is 2.07 bits per heavy atom. The van der Waals surface area contributed by atoms with E-state index in [1.807, 2.05) is 6.92 Å². The third kappa shape index (κ3) is 1.54. The topological polar surface area (TPSA) is 55.1 Å². The number of amides is 1.